The molecule has 0 radical (unpaired) electrons. The van der Waals surface area contributed by atoms with Crippen molar-refractivity contribution in [2.24, 2.45) is 0 Å². The second-order valence-corrected chi connectivity index (χ2v) is 10.8. The van der Waals surface area contributed by atoms with Crippen molar-refractivity contribution in [1.82, 2.24) is 0 Å². The van der Waals surface area contributed by atoms with Gasteiger partial charge in [-0.3, -0.25) is 0 Å². The van der Waals surface area contributed by atoms with Crippen molar-refractivity contribution < 1.29 is 0 Å². The third-order valence-electron chi connectivity index (χ3n) is 8.95. The summed E-state index contributed by atoms with van der Waals surface area (Å²) in [4.78, 5) is 0. The Kier molecular flexibility index (Phi) is 3.99. The molecule has 1 unspecified atom stereocenters. The van der Waals surface area contributed by atoms with Gasteiger partial charge in [0.15, 0.2) is 0 Å². The first-order chi connectivity index (χ1) is 18.8. The highest BCUT2D eigenvalue weighted by atomic mass is 14.3. The van der Waals surface area contributed by atoms with E-state index in [1.807, 2.05) is 0 Å². The number of hydrogen-bond donors (Lipinski definition) is 0. The Labute approximate surface area is 221 Å². The summed E-state index contributed by atoms with van der Waals surface area (Å²) >= 11 is 0. The predicted molar refractivity (Wildman–Crippen MR) is 162 cm³/mol. The highest BCUT2D eigenvalue weighted by Gasteiger charge is 2.30. The maximum absolute atomic E-state index is 2.44. The molecular formula is C38H24. The van der Waals surface area contributed by atoms with E-state index in [0.29, 0.717) is 5.92 Å². The lowest BCUT2D eigenvalue weighted by molar-refractivity contribution is 0.847. The fourth-order valence-electron chi connectivity index (χ4n) is 7.37. The summed E-state index contributed by atoms with van der Waals surface area (Å²) in [6, 6.07) is 45.4. The zero-order valence-electron chi connectivity index (χ0n) is 20.9. The first kappa shape index (κ1) is 20.4. The highest BCUT2D eigenvalue weighted by molar-refractivity contribution is 6.19. The van der Waals surface area contributed by atoms with Crippen LogP contribution in [0.1, 0.15) is 39.3 Å². The lowest BCUT2D eigenvalue weighted by Gasteiger charge is -2.22. The molecule has 0 heterocycles. The topological polar surface area (TPSA) is 0 Å². The van der Waals surface area contributed by atoms with Gasteiger partial charge in [0.1, 0.15) is 0 Å². The van der Waals surface area contributed by atoms with Crippen LogP contribution in [0.15, 0.2) is 121 Å². The van der Waals surface area contributed by atoms with Crippen molar-refractivity contribution in [2.75, 3.05) is 0 Å². The molecule has 0 saturated heterocycles. The molecule has 0 aromatic heterocycles. The molecule has 38 heavy (non-hydrogen) atoms. The Hall–Kier alpha value is -4.68. The Morgan fingerprint density at radius 2 is 1.21 bits per heavy atom. The normalized spacial score (nSPS) is 15.7. The fraction of sp³-hybridized carbons (Fsp3) is 0.0526. The molecule has 9 rings (SSSR count). The molecule has 0 N–H and O–H groups in total. The zero-order chi connectivity index (χ0) is 24.8. The van der Waals surface area contributed by atoms with Gasteiger partial charge < -0.3 is 0 Å². The van der Waals surface area contributed by atoms with Crippen molar-refractivity contribution in [1.29, 1.82) is 0 Å². The average molecular weight is 481 g/mol. The predicted octanol–water partition coefficient (Wildman–Crippen LogP) is 9.89. The van der Waals surface area contributed by atoms with Crippen molar-refractivity contribution >= 4 is 54.7 Å². The van der Waals surface area contributed by atoms with E-state index < -0.39 is 0 Å². The van der Waals surface area contributed by atoms with E-state index in [4.69, 9.17) is 0 Å². The van der Waals surface area contributed by atoms with E-state index in [1.54, 1.807) is 0 Å². The molecule has 0 nitrogen and oxygen atoms in total. The van der Waals surface area contributed by atoms with Crippen LogP contribution in [-0.2, 0) is 6.42 Å². The second kappa shape index (κ2) is 7.43. The van der Waals surface area contributed by atoms with Crippen LogP contribution in [0.25, 0.3) is 54.7 Å². The molecule has 0 spiro atoms. The lowest BCUT2D eigenvalue weighted by atomic mass is 9.81. The van der Waals surface area contributed by atoms with Crippen LogP contribution in [0.2, 0.25) is 0 Å². The molecule has 0 heteroatoms. The Balaban J connectivity index is 1.39. The molecule has 7 aromatic carbocycles. The molecule has 176 valence electrons. The molecule has 0 bridgehead atoms. The van der Waals surface area contributed by atoms with Gasteiger partial charge >= 0.3 is 0 Å². The van der Waals surface area contributed by atoms with Crippen molar-refractivity contribution in [3.63, 3.8) is 0 Å². The Morgan fingerprint density at radius 1 is 0.474 bits per heavy atom. The van der Waals surface area contributed by atoms with Gasteiger partial charge in [-0.25, -0.2) is 0 Å². The molecule has 2 aliphatic carbocycles. The number of rotatable bonds is 2. The summed E-state index contributed by atoms with van der Waals surface area (Å²) in [5, 5.41) is 10.8. The zero-order valence-corrected chi connectivity index (χ0v) is 20.9. The van der Waals surface area contributed by atoms with E-state index in [-0.39, 0.29) is 0 Å². The Bertz CT molecular complexity index is 2150. The van der Waals surface area contributed by atoms with Gasteiger partial charge in [-0.2, -0.15) is 0 Å². The number of benzene rings is 7. The van der Waals surface area contributed by atoms with Gasteiger partial charge in [0, 0.05) is 5.92 Å². The molecule has 0 aliphatic heterocycles. The van der Waals surface area contributed by atoms with Crippen molar-refractivity contribution in [3.8, 4) is 0 Å². The van der Waals surface area contributed by atoms with Gasteiger partial charge in [-0.1, -0.05) is 121 Å². The van der Waals surface area contributed by atoms with Gasteiger partial charge in [0.05, 0.1) is 0 Å². The monoisotopic (exact) mass is 480 g/mol. The summed E-state index contributed by atoms with van der Waals surface area (Å²) in [5.41, 5.74) is 9.81. The largest absolute Gasteiger partial charge is 0.0616 e. The first-order valence-corrected chi connectivity index (χ1v) is 13.5. The Morgan fingerprint density at radius 3 is 2.13 bits per heavy atom. The van der Waals surface area contributed by atoms with Crippen LogP contribution >= 0.6 is 0 Å². The summed E-state index contributed by atoms with van der Waals surface area (Å²) < 4.78 is 0. The molecular weight excluding hydrogens is 456 g/mol. The standard InChI is InChI=1S/C38H24/c1-2-14-28-23(7-1)17-18-32-29(28)19-20-33(34-21-26-12-3-8-24-10-5-15-30(34)36(24)26)38(32)35-22-27-13-4-9-25-11-6-16-31(35)37(25)27/h1-20,22,34H,21H2. The summed E-state index contributed by atoms with van der Waals surface area (Å²) in [5.74, 6) is 0.339. The summed E-state index contributed by atoms with van der Waals surface area (Å²) in [7, 11) is 0. The molecule has 0 fully saturated rings. The van der Waals surface area contributed by atoms with Gasteiger partial charge in [0.25, 0.3) is 0 Å². The molecule has 0 saturated carbocycles. The van der Waals surface area contributed by atoms with Gasteiger partial charge in [-0.15, -0.1) is 0 Å². The third kappa shape index (κ3) is 2.65. The minimum atomic E-state index is 0.339. The molecule has 1 atom stereocenters. The third-order valence-corrected chi connectivity index (χ3v) is 8.95. The smallest absolute Gasteiger partial charge is 0.0143 e. The minimum Gasteiger partial charge on any atom is -0.0616 e. The molecule has 7 aromatic rings. The van der Waals surface area contributed by atoms with E-state index in [9.17, 15) is 0 Å². The second-order valence-electron chi connectivity index (χ2n) is 10.8. The lowest BCUT2D eigenvalue weighted by Crippen LogP contribution is -2.04. The SMILES string of the molecule is C1=C(c2c(C3Cc4cccc5cccc3c45)ccc3c2ccc2ccccc23)c2cccc3cccc1c23. The fourth-order valence-corrected chi connectivity index (χ4v) is 7.37. The van der Waals surface area contributed by atoms with Crippen LogP contribution in [0.3, 0.4) is 0 Å². The number of hydrogen-bond acceptors (Lipinski definition) is 0. The average Bonchev–Trinajstić information content (AvgIpc) is 3.54. The van der Waals surface area contributed by atoms with Crippen LogP contribution < -0.4 is 0 Å². The maximum atomic E-state index is 2.44. The molecule has 0 amide bonds. The van der Waals surface area contributed by atoms with Gasteiger partial charge in [-0.05, 0) is 94.5 Å². The van der Waals surface area contributed by atoms with Crippen molar-refractivity contribution in [3.05, 3.63) is 155 Å². The van der Waals surface area contributed by atoms with E-state index >= 15 is 0 Å². The summed E-state index contributed by atoms with van der Waals surface area (Å²) in [6.45, 7) is 0. The quantitative estimate of drug-likeness (QED) is 0.216. The van der Waals surface area contributed by atoms with Crippen molar-refractivity contribution in [2.45, 2.75) is 12.3 Å². The van der Waals surface area contributed by atoms with E-state index in [0.717, 1.165) is 6.42 Å². The number of fused-ring (bicyclic) bond motifs is 3. The first-order valence-electron chi connectivity index (χ1n) is 13.5. The van der Waals surface area contributed by atoms with Gasteiger partial charge in [0.2, 0.25) is 0 Å². The molecule has 2 aliphatic rings. The summed E-state index contributed by atoms with van der Waals surface area (Å²) in [6.07, 6.45) is 3.49. The van der Waals surface area contributed by atoms with Crippen LogP contribution in [-0.4, -0.2) is 0 Å². The van der Waals surface area contributed by atoms with E-state index in [2.05, 4.69) is 127 Å². The highest BCUT2D eigenvalue weighted by Crippen LogP contribution is 2.49. The minimum absolute atomic E-state index is 0.339. The van der Waals surface area contributed by atoms with E-state index in [1.165, 1.54) is 82.0 Å². The van der Waals surface area contributed by atoms with Crippen LogP contribution in [0.5, 0.6) is 0 Å². The van der Waals surface area contributed by atoms with Crippen LogP contribution in [0, 0.1) is 0 Å². The maximum Gasteiger partial charge on any atom is 0.0143 e. The van der Waals surface area contributed by atoms with Crippen LogP contribution in [0.4, 0.5) is 0 Å².